The van der Waals surface area contributed by atoms with Gasteiger partial charge < -0.3 is 10.5 Å². The molecule has 3 aromatic rings. The predicted octanol–water partition coefficient (Wildman–Crippen LogP) is 3.60. The van der Waals surface area contributed by atoms with E-state index in [1.807, 2.05) is 37.5 Å². The Balaban J connectivity index is 1.97. The first kappa shape index (κ1) is 18.6. The molecule has 0 bridgehead atoms. The molecule has 2 N–H and O–H groups in total. The highest BCUT2D eigenvalue weighted by molar-refractivity contribution is 5.69. The van der Waals surface area contributed by atoms with Crippen LogP contribution in [0.15, 0.2) is 42.6 Å². The van der Waals surface area contributed by atoms with Gasteiger partial charge in [0.1, 0.15) is 5.75 Å². The van der Waals surface area contributed by atoms with E-state index in [1.54, 1.807) is 16.8 Å². The lowest BCUT2D eigenvalue weighted by Gasteiger charge is -2.11. The van der Waals surface area contributed by atoms with Crippen LogP contribution in [0.1, 0.15) is 30.2 Å². The molecule has 6 heteroatoms. The van der Waals surface area contributed by atoms with Crippen LogP contribution in [0.3, 0.4) is 0 Å². The van der Waals surface area contributed by atoms with Gasteiger partial charge in [0.25, 0.3) is 0 Å². The Morgan fingerprint density at radius 2 is 2.04 bits per heavy atom. The van der Waals surface area contributed by atoms with Gasteiger partial charge in [0.2, 0.25) is 5.88 Å². The maximum absolute atomic E-state index is 9.26. The molecule has 0 saturated heterocycles. The first-order valence-corrected chi connectivity index (χ1v) is 9.05. The van der Waals surface area contributed by atoms with E-state index in [0.29, 0.717) is 23.7 Å². The van der Waals surface area contributed by atoms with Crippen molar-refractivity contribution in [2.45, 2.75) is 26.2 Å². The molecule has 2 heterocycles. The van der Waals surface area contributed by atoms with Crippen LogP contribution in [0.2, 0.25) is 0 Å². The van der Waals surface area contributed by atoms with Gasteiger partial charge in [-0.25, -0.2) is 4.68 Å². The van der Waals surface area contributed by atoms with Gasteiger partial charge in [-0.3, -0.25) is 4.98 Å². The summed E-state index contributed by atoms with van der Waals surface area (Å²) in [5.41, 5.74) is 9.82. The van der Waals surface area contributed by atoms with Gasteiger partial charge in [0.15, 0.2) is 0 Å². The Labute approximate surface area is 159 Å². The molecule has 0 atom stereocenters. The molecule has 138 valence electrons. The number of pyridine rings is 1. The first-order chi connectivity index (χ1) is 13.1. The van der Waals surface area contributed by atoms with E-state index in [4.69, 9.17) is 10.5 Å². The third-order valence-electron chi connectivity index (χ3n) is 4.25. The van der Waals surface area contributed by atoms with E-state index in [2.05, 4.69) is 23.1 Å². The summed E-state index contributed by atoms with van der Waals surface area (Å²) in [4.78, 5) is 4.54. The first-order valence-electron chi connectivity index (χ1n) is 9.05. The number of benzene rings is 1. The fourth-order valence-corrected chi connectivity index (χ4v) is 2.88. The van der Waals surface area contributed by atoms with Crippen LogP contribution in [0.25, 0.3) is 11.3 Å². The van der Waals surface area contributed by atoms with Crippen molar-refractivity contribution in [3.05, 3.63) is 59.4 Å². The molecule has 6 nitrogen and oxygen atoms in total. The quantitative estimate of drug-likeness (QED) is 0.694. The van der Waals surface area contributed by atoms with Crippen LogP contribution in [-0.4, -0.2) is 21.3 Å². The monoisotopic (exact) mass is 361 g/mol. The zero-order chi connectivity index (χ0) is 19.2. The van der Waals surface area contributed by atoms with E-state index < -0.39 is 0 Å². The summed E-state index contributed by atoms with van der Waals surface area (Å²) in [5, 5.41) is 13.7. The predicted molar refractivity (Wildman–Crippen MR) is 104 cm³/mol. The fraction of sp³-hybridized carbons (Fsp3) is 0.286. The molecular weight excluding hydrogens is 338 g/mol. The Morgan fingerprint density at radius 3 is 2.70 bits per heavy atom. The van der Waals surface area contributed by atoms with Gasteiger partial charge in [-0.15, -0.1) is 0 Å². The molecule has 0 fully saturated rings. The molecule has 3 rings (SSSR count). The minimum Gasteiger partial charge on any atom is -0.439 e. The Morgan fingerprint density at radius 1 is 1.19 bits per heavy atom. The number of nitrogens with zero attached hydrogens (tertiary/aromatic N) is 4. The number of aromatic nitrogens is 3. The van der Waals surface area contributed by atoms with Crippen LogP contribution >= 0.6 is 0 Å². The second-order valence-corrected chi connectivity index (χ2v) is 6.36. The Kier molecular flexibility index (Phi) is 5.84. The number of hydrogen-bond acceptors (Lipinski definition) is 5. The third-order valence-corrected chi connectivity index (χ3v) is 4.25. The largest absolute Gasteiger partial charge is 0.439 e. The van der Waals surface area contributed by atoms with Crippen molar-refractivity contribution in [1.29, 1.82) is 5.26 Å². The van der Waals surface area contributed by atoms with Crippen molar-refractivity contribution in [3.63, 3.8) is 0 Å². The summed E-state index contributed by atoms with van der Waals surface area (Å²) in [5.74, 6) is 1.22. The summed E-state index contributed by atoms with van der Waals surface area (Å²) < 4.78 is 7.85. The maximum Gasteiger partial charge on any atom is 0.217 e. The van der Waals surface area contributed by atoms with Crippen LogP contribution in [0, 0.1) is 11.3 Å². The van der Waals surface area contributed by atoms with E-state index >= 15 is 0 Å². The normalized spacial score (nSPS) is 10.6. The summed E-state index contributed by atoms with van der Waals surface area (Å²) in [6, 6.07) is 13.4. The summed E-state index contributed by atoms with van der Waals surface area (Å²) in [6.07, 6.45) is 4.53. The molecular formula is C21H23N5O. The standard InChI is InChI=1S/C21H23N5O/c1-3-4-17-12-21(26(2)25-17)27-20-11-16(13-23)5-7-18(20)19-8-6-15(9-10-22)14-24-19/h5-8,11-12,14H,3-4,9-10,22H2,1-2H3. The van der Waals surface area contributed by atoms with Gasteiger partial charge >= 0.3 is 0 Å². The van der Waals surface area contributed by atoms with Crippen LogP contribution in [0.4, 0.5) is 0 Å². The van der Waals surface area contributed by atoms with Crippen LogP contribution < -0.4 is 10.5 Å². The van der Waals surface area contributed by atoms with Gasteiger partial charge in [-0.05, 0) is 49.2 Å². The van der Waals surface area contributed by atoms with Crippen molar-refractivity contribution < 1.29 is 4.74 Å². The van der Waals surface area contributed by atoms with Crippen molar-refractivity contribution in [3.8, 4) is 29.0 Å². The number of nitrogens with two attached hydrogens (primary N) is 1. The number of rotatable bonds is 7. The topological polar surface area (TPSA) is 89.7 Å². The minimum atomic E-state index is 0.532. The molecule has 0 saturated carbocycles. The SMILES string of the molecule is CCCc1cc(Oc2cc(C#N)ccc2-c2ccc(CCN)cn2)n(C)n1. The fourth-order valence-electron chi connectivity index (χ4n) is 2.88. The number of hydrogen-bond donors (Lipinski definition) is 1. The van der Waals surface area contributed by atoms with Crippen molar-refractivity contribution in [1.82, 2.24) is 14.8 Å². The third kappa shape index (κ3) is 4.33. The van der Waals surface area contributed by atoms with E-state index in [-0.39, 0.29) is 0 Å². The number of ether oxygens (including phenoxy) is 1. The zero-order valence-corrected chi connectivity index (χ0v) is 15.6. The zero-order valence-electron chi connectivity index (χ0n) is 15.6. The van der Waals surface area contributed by atoms with Crippen LogP contribution in [0.5, 0.6) is 11.6 Å². The summed E-state index contributed by atoms with van der Waals surface area (Å²) in [7, 11) is 1.85. The average molecular weight is 361 g/mol. The van der Waals surface area contributed by atoms with Crippen LogP contribution in [-0.2, 0) is 19.9 Å². The molecule has 0 radical (unpaired) electrons. The lowest BCUT2D eigenvalue weighted by molar-refractivity contribution is 0.431. The van der Waals surface area contributed by atoms with Crippen molar-refractivity contribution >= 4 is 0 Å². The molecule has 0 spiro atoms. The van der Waals surface area contributed by atoms with Gasteiger partial charge in [-0.1, -0.05) is 19.4 Å². The highest BCUT2D eigenvalue weighted by Crippen LogP contribution is 2.33. The minimum absolute atomic E-state index is 0.532. The molecule has 0 aliphatic carbocycles. The molecule has 0 aliphatic rings. The highest BCUT2D eigenvalue weighted by atomic mass is 16.5. The van der Waals surface area contributed by atoms with E-state index in [0.717, 1.165) is 41.8 Å². The summed E-state index contributed by atoms with van der Waals surface area (Å²) >= 11 is 0. The smallest absolute Gasteiger partial charge is 0.217 e. The average Bonchev–Trinajstić information content (AvgIpc) is 3.02. The van der Waals surface area contributed by atoms with Gasteiger partial charge in [0, 0.05) is 24.9 Å². The molecule has 2 aromatic heterocycles. The Hall–Kier alpha value is -3.17. The molecule has 1 aromatic carbocycles. The number of nitriles is 1. The lowest BCUT2D eigenvalue weighted by Crippen LogP contribution is -2.03. The molecule has 0 aliphatic heterocycles. The lowest BCUT2D eigenvalue weighted by atomic mass is 10.1. The summed E-state index contributed by atoms with van der Waals surface area (Å²) in [6.45, 7) is 2.70. The molecule has 0 amide bonds. The second-order valence-electron chi connectivity index (χ2n) is 6.36. The highest BCUT2D eigenvalue weighted by Gasteiger charge is 2.13. The maximum atomic E-state index is 9.26. The number of aryl methyl sites for hydroxylation is 2. The van der Waals surface area contributed by atoms with Crippen molar-refractivity contribution in [2.75, 3.05) is 6.54 Å². The van der Waals surface area contributed by atoms with Gasteiger partial charge in [0.05, 0.1) is 23.0 Å². The molecule has 27 heavy (non-hydrogen) atoms. The van der Waals surface area contributed by atoms with E-state index in [1.165, 1.54) is 0 Å². The van der Waals surface area contributed by atoms with E-state index in [9.17, 15) is 5.26 Å². The molecule has 0 unspecified atom stereocenters. The second kappa shape index (κ2) is 8.47. The van der Waals surface area contributed by atoms with Crippen molar-refractivity contribution in [2.24, 2.45) is 12.8 Å². The Bertz CT molecular complexity index is 954. The van der Waals surface area contributed by atoms with Gasteiger partial charge in [-0.2, -0.15) is 10.4 Å².